The highest BCUT2D eigenvalue weighted by Crippen LogP contribution is 2.16. The summed E-state index contributed by atoms with van der Waals surface area (Å²) in [4.78, 5) is 6.57. The summed E-state index contributed by atoms with van der Waals surface area (Å²) in [6.07, 6.45) is 1.75. The van der Waals surface area contributed by atoms with Crippen molar-refractivity contribution >= 4 is 0 Å². The summed E-state index contributed by atoms with van der Waals surface area (Å²) in [5, 5.41) is 0. The molecule has 1 aromatic rings. The molecule has 2 N–H and O–H groups in total. The van der Waals surface area contributed by atoms with Gasteiger partial charge in [-0.15, -0.1) is 0 Å². The van der Waals surface area contributed by atoms with Gasteiger partial charge in [-0.25, -0.2) is 4.98 Å². The van der Waals surface area contributed by atoms with E-state index in [1.165, 1.54) is 0 Å². The first-order valence-corrected chi connectivity index (χ1v) is 6.11. The topological polar surface area (TPSA) is 51.4 Å². The molecule has 0 aromatic carbocycles. The normalized spacial score (nSPS) is 12.8. The average Bonchev–Trinajstić information content (AvgIpc) is 2.38. The van der Waals surface area contributed by atoms with E-state index in [0.29, 0.717) is 11.8 Å². The summed E-state index contributed by atoms with van der Waals surface area (Å²) in [7, 11) is 1.66. The predicted octanol–water partition coefficient (Wildman–Crippen LogP) is 1.51. The molecule has 0 saturated heterocycles. The summed E-state index contributed by atoms with van der Waals surface area (Å²) in [5.41, 5.74) is 6.79. The van der Waals surface area contributed by atoms with Crippen molar-refractivity contribution in [2.45, 2.75) is 20.4 Å². The minimum absolute atomic E-state index is 0.512. The zero-order chi connectivity index (χ0) is 12.7. The van der Waals surface area contributed by atoms with Gasteiger partial charge in [0, 0.05) is 24.8 Å². The summed E-state index contributed by atoms with van der Waals surface area (Å²) in [5.74, 6) is 1.23. The first-order valence-electron chi connectivity index (χ1n) is 6.11. The molecule has 0 spiro atoms. The van der Waals surface area contributed by atoms with Crippen molar-refractivity contribution in [3.05, 3.63) is 23.9 Å². The second-order valence-corrected chi connectivity index (χ2v) is 4.34. The van der Waals surface area contributed by atoms with Crippen LogP contribution in [-0.4, -0.2) is 36.6 Å². The zero-order valence-electron chi connectivity index (χ0n) is 11.0. The second kappa shape index (κ2) is 7.25. The smallest absolute Gasteiger partial charge is 0.217 e. The Kier molecular flexibility index (Phi) is 5.94. The molecule has 0 aliphatic heterocycles. The zero-order valence-corrected chi connectivity index (χ0v) is 11.0. The molecule has 0 saturated carbocycles. The van der Waals surface area contributed by atoms with Gasteiger partial charge in [0.1, 0.15) is 0 Å². The molecular formula is C13H23N3O. The molecule has 4 heteroatoms. The summed E-state index contributed by atoms with van der Waals surface area (Å²) < 4.78 is 5.26. The Balaban J connectivity index is 2.66. The summed E-state index contributed by atoms with van der Waals surface area (Å²) in [6, 6.07) is 4.00. The maximum Gasteiger partial charge on any atom is 0.217 e. The van der Waals surface area contributed by atoms with E-state index in [2.05, 4.69) is 29.8 Å². The molecule has 0 amide bonds. The van der Waals surface area contributed by atoms with Crippen LogP contribution < -0.4 is 10.5 Å². The van der Waals surface area contributed by atoms with Crippen LogP contribution in [0.1, 0.15) is 19.4 Å². The molecule has 1 atom stereocenters. The molecule has 0 bridgehead atoms. The third-order valence-corrected chi connectivity index (χ3v) is 2.86. The Morgan fingerprint density at radius 1 is 1.53 bits per heavy atom. The molecule has 1 unspecified atom stereocenters. The molecule has 0 fully saturated rings. The summed E-state index contributed by atoms with van der Waals surface area (Å²) >= 11 is 0. The van der Waals surface area contributed by atoms with Gasteiger partial charge in [0.25, 0.3) is 0 Å². The van der Waals surface area contributed by atoms with Crippen LogP contribution >= 0.6 is 0 Å². The average molecular weight is 237 g/mol. The van der Waals surface area contributed by atoms with Crippen molar-refractivity contribution in [1.29, 1.82) is 0 Å². The SMILES string of the molecule is CCN(Cc1cccnc1OC)CC(C)CN. The van der Waals surface area contributed by atoms with Crippen LogP contribution in [0, 0.1) is 5.92 Å². The fraction of sp³-hybridized carbons (Fsp3) is 0.615. The van der Waals surface area contributed by atoms with Crippen LogP contribution in [0.4, 0.5) is 0 Å². The number of aromatic nitrogens is 1. The standard InChI is InChI=1S/C13H23N3O/c1-4-16(9-11(2)8-14)10-12-6-5-7-15-13(12)17-3/h5-7,11H,4,8-10,14H2,1-3H3. The monoisotopic (exact) mass is 237 g/mol. The minimum atomic E-state index is 0.512. The van der Waals surface area contributed by atoms with E-state index in [-0.39, 0.29) is 0 Å². The third kappa shape index (κ3) is 4.32. The fourth-order valence-corrected chi connectivity index (χ4v) is 1.79. The Bertz CT molecular complexity index is 330. The lowest BCUT2D eigenvalue weighted by Crippen LogP contribution is -2.31. The van der Waals surface area contributed by atoms with Crippen LogP contribution in [0.2, 0.25) is 0 Å². The lowest BCUT2D eigenvalue weighted by Gasteiger charge is -2.24. The van der Waals surface area contributed by atoms with Gasteiger partial charge < -0.3 is 10.5 Å². The molecule has 0 aliphatic rings. The number of methoxy groups -OCH3 is 1. The number of nitrogens with zero attached hydrogens (tertiary/aromatic N) is 2. The Morgan fingerprint density at radius 3 is 2.88 bits per heavy atom. The fourth-order valence-electron chi connectivity index (χ4n) is 1.79. The Morgan fingerprint density at radius 2 is 2.29 bits per heavy atom. The maximum absolute atomic E-state index is 5.66. The largest absolute Gasteiger partial charge is 0.481 e. The molecule has 1 rings (SSSR count). The summed E-state index contributed by atoms with van der Waals surface area (Å²) in [6.45, 7) is 7.92. The van der Waals surface area contributed by atoms with Gasteiger partial charge >= 0.3 is 0 Å². The van der Waals surface area contributed by atoms with Crippen LogP contribution in [0.15, 0.2) is 18.3 Å². The molecule has 17 heavy (non-hydrogen) atoms. The number of hydrogen-bond acceptors (Lipinski definition) is 4. The number of nitrogens with two attached hydrogens (primary N) is 1. The lowest BCUT2D eigenvalue weighted by atomic mass is 10.1. The quantitative estimate of drug-likeness (QED) is 0.781. The highest BCUT2D eigenvalue weighted by atomic mass is 16.5. The molecule has 0 aliphatic carbocycles. The second-order valence-electron chi connectivity index (χ2n) is 4.34. The third-order valence-electron chi connectivity index (χ3n) is 2.86. The highest BCUT2D eigenvalue weighted by Gasteiger charge is 2.11. The van der Waals surface area contributed by atoms with Gasteiger partial charge in [0.2, 0.25) is 5.88 Å². The van der Waals surface area contributed by atoms with Gasteiger partial charge in [-0.2, -0.15) is 0 Å². The van der Waals surface area contributed by atoms with Crippen molar-refractivity contribution < 1.29 is 4.74 Å². The van der Waals surface area contributed by atoms with E-state index in [9.17, 15) is 0 Å². The van der Waals surface area contributed by atoms with Crippen molar-refractivity contribution in [2.24, 2.45) is 11.7 Å². The van der Waals surface area contributed by atoms with E-state index < -0.39 is 0 Å². The van der Waals surface area contributed by atoms with Crippen LogP contribution in [0.25, 0.3) is 0 Å². The predicted molar refractivity (Wildman–Crippen MR) is 70.0 cm³/mol. The van der Waals surface area contributed by atoms with E-state index in [0.717, 1.165) is 31.7 Å². The van der Waals surface area contributed by atoms with Crippen LogP contribution in [-0.2, 0) is 6.54 Å². The van der Waals surface area contributed by atoms with Gasteiger partial charge in [-0.1, -0.05) is 19.9 Å². The molecule has 96 valence electrons. The van der Waals surface area contributed by atoms with E-state index in [4.69, 9.17) is 10.5 Å². The van der Waals surface area contributed by atoms with Gasteiger partial charge in [0.05, 0.1) is 7.11 Å². The number of pyridine rings is 1. The number of ether oxygens (including phenoxy) is 1. The molecule has 0 radical (unpaired) electrons. The lowest BCUT2D eigenvalue weighted by molar-refractivity contribution is 0.239. The van der Waals surface area contributed by atoms with Gasteiger partial charge in [-0.3, -0.25) is 4.90 Å². The van der Waals surface area contributed by atoms with Crippen molar-refractivity contribution in [1.82, 2.24) is 9.88 Å². The first kappa shape index (κ1) is 13.9. The highest BCUT2D eigenvalue weighted by molar-refractivity contribution is 5.25. The van der Waals surface area contributed by atoms with Crippen molar-refractivity contribution in [3.63, 3.8) is 0 Å². The van der Waals surface area contributed by atoms with Gasteiger partial charge in [0.15, 0.2) is 0 Å². The van der Waals surface area contributed by atoms with E-state index in [1.807, 2.05) is 6.07 Å². The molecule has 1 aromatic heterocycles. The Labute approximate surface area is 104 Å². The van der Waals surface area contributed by atoms with E-state index in [1.54, 1.807) is 13.3 Å². The molecule has 1 heterocycles. The first-order chi connectivity index (χ1) is 8.21. The Hall–Kier alpha value is -1.13. The van der Waals surface area contributed by atoms with Gasteiger partial charge in [-0.05, 0) is 25.1 Å². The minimum Gasteiger partial charge on any atom is -0.481 e. The van der Waals surface area contributed by atoms with Crippen molar-refractivity contribution in [3.8, 4) is 5.88 Å². The maximum atomic E-state index is 5.66. The molecule has 4 nitrogen and oxygen atoms in total. The van der Waals surface area contributed by atoms with E-state index >= 15 is 0 Å². The van der Waals surface area contributed by atoms with Crippen LogP contribution in [0.3, 0.4) is 0 Å². The van der Waals surface area contributed by atoms with Crippen LogP contribution in [0.5, 0.6) is 5.88 Å². The number of hydrogen-bond donors (Lipinski definition) is 1. The molecular weight excluding hydrogens is 214 g/mol. The van der Waals surface area contributed by atoms with Crippen molar-refractivity contribution in [2.75, 3.05) is 26.7 Å². The number of rotatable bonds is 7.